The van der Waals surface area contributed by atoms with Gasteiger partial charge in [0, 0.05) is 11.6 Å². The van der Waals surface area contributed by atoms with E-state index in [9.17, 15) is 9.59 Å². The number of hydrogen-bond donors (Lipinski definition) is 1. The van der Waals surface area contributed by atoms with Crippen LogP contribution in [0.5, 0.6) is 0 Å². The van der Waals surface area contributed by atoms with Gasteiger partial charge in [0.2, 0.25) is 0 Å². The van der Waals surface area contributed by atoms with Crippen molar-refractivity contribution in [1.29, 1.82) is 0 Å². The number of allylic oxidation sites excluding steroid dienone is 1. The van der Waals surface area contributed by atoms with Gasteiger partial charge in [0.05, 0.1) is 16.5 Å². The maximum atomic E-state index is 12.7. The first kappa shape index (κ1) is 15.6. The van der Waals surface area contributed by atoms with Gasteiger partial charge >= 0.3 is 5.97 Å². The lowest BCUT2D eigenvalue weighted by molar-refractivity contribution is 0.0697. The van der Waals surface area contributed by atoms with Crippen LogP contribution in [-0.4, -0.2) is 20.6 Å². The smallest absolute Gasteiger partial charge is 0.335 e. The molecule has 5 nitrogen and oxygen atoms in total. The Bertz CT molecular complexity index is 1100. The van der Waals surface area contributed by atoms with Gasteiger partial charge in [-0.05, 0) is 54.0 Å². The molecule has 3 aromatic rings. The molecular formula is C19H13ClN2O3. The van der Waals surface area contributed by atoms with Crippen molar-refractivity contribution in [3.63, 3.8) is 0 Å². The Labute approximate surface area is 147 Å². The van der Waals surface area contributed by atoms with E-state index in [1.165, 1.54) is 18.2 Å². The Morgan fingerprint density at radius 1 is 1.20 bits per heavy atom. The number of fused-ring (bicyclic) bond motifs is 2. The Morgan fingerprint density at radius 2 is 1.96 bits per heavy atom. The molecule has 1 aliphatic rings. The fraction of sp³-hybridized carbons (Fsp3) is 0.105. The van der Waals surface area contributed by atoms with Crippen LogP contribution in [0, 0.1) is 0 Å². The van der Waals surface area contributed by atoms with Crippen LogP contribution in [0.3, 0.4) is 0 Å². The van der Waals surface area contributed by atoms with Gasteiger partial charge in [-0.1, -0.05) is 23.7 Å². The minimum Gasteiger partial charge on any atom is -0.478 e. The zero-order valence-electron chi connectivity index (χ0n) is 13.1. The van der Waals surface area contributed by atoms with Crippen molar-refractivity contribution in [3.05, 3.63) is 74.8 Å². The Hall–Kier alpha value is -2.92. The molecular weight excluding hydrogens is 340 g/mol. The molecule has 1 aliphatic heterocycles. The van der Waals surface area contributed by atoms with Crippen LogP contribution in [0.15, 0.2) is 47.3 Å². The van der Waals surface area contributed by atoms with Crippen molar-refractivity contribution >= 4 is 40.1 Å². The first-order valence-electron chi connectivity index (χ1n) is 7.77. The summed E-state index contributed by atoms with van der Waals surface area (Å²) in [5.74, 6) is -0.448. The number of carboxylic acid groups (broad SMARTS) is 1. The van der Waals surface area contributed by atoms with Crippen molar-refractivity contribution in [2.75, 3.05) is 0 Å². The summed E-state index contributed by atoms with van der Waals surface area (Å²) in [5.41, 5.74) is 2.30. The summed E-state index contributed by atoms with van der Waals surface area (Å²) in [6, 6.07) is 11.8. The summed E-state index contributed by atoms with van der Waals surface area (Å²) >= 11 is 5.91. The first-order chi connectivity index (χ1) is 12.0. The fourth-order valence-electron chi connectivity index (χ4n) is 3.05. The minimum absolute atomic E-state index is 0.116. The maximum Gasteiger partial charge on any atom is 0.335 e. The van der Waals surface area contributed by atoms with E-state index in [-0.39, 0.29) is 11.1 Å². The third kappa shape index (κ3) is 2.72. The summed E-state index contributed by atoms with van der Waals surface area (Å²) in [6.07, 6.45) is 2.68. The van der Waals surface area contributed by atoms with Crippen LogP contribution < -0.4 is 5.56 Å². The first-order valence-corrected chi connectivity index (χ1v) is 8.15. The van der Waals surface area contributed by atoms with Crippen LogP contribution in [0.2, 0.25) is 5.02 Å². The normalized spacial score (nSPS) is 14.8. The average Bonchev–Trinajstić information content (AvgIpc) is 2.99. The van der Waals surface area contributed by atoms with E-state index >= 15 is 0 Å². The summed E-state index contributed by atoms with van der Waals surface area (Å²) in [7, 11) is 0. The number of carboxylic acids is 1. The summed E-state index contributed by atoms with van der Waals surface area (Å²) in [4.78, 5) is 28.4. The standard InChI is InChI=1S/C19H13ClN2O3/c20-14-4-1-11(2-5-14)9-12-7-8-22-17(12)21-16-10-13(19(24)25)3-6-15(16)18(22)23/h1-6,9-10H,7-8H2,(H,24,25)/b12-9-. The Kier molecular flexibility index (Phi) is 3.66. The monoisotopic (exact) mass is 352 g/mol. The zero-order valence-corrected chi connectivity index (χ0v) is 13.8. The number of benzene rings is 2. The molecule has 0 saturated heterocycles. The second-order valence-corrected chi connectivity index (χ2v) is 6.34. The molecule has 6 heteroatoms. The molecule has 1 aromatic heterocycles. The van der Waals surface area contributed by atoms with Gasteiger partial charge in [-0.15, -0.1) is 0 Å². The zero-order chi connectivity index (χ0) is 17.6. The van der Waals surface area contributed by atoms with Crippen molar-refractivity contribution in [1.82, 2.24) is 9.55 Å². The molecule has 0 bridgehead atoms. The predicted molar refractivity (Wildman–Crippen MR) is 96.9 cm³/mol. The van der Waals surface area contributed by atoms with E-state index in [0.29, 0.717) is 34.7 Å². The molecule has 0 atom stereocenters. The summed E-state index contributed by atoms with van der Waals surface area (Å²) in [5, 5.41) is 10.2. The van der Waals surface area contributed by atoms with E-state index in [4.69, 9.17) is 16.7 Å². The van der Waals surface area contributed by atoms with Crippen molar-refractivity contribution < 1.29 is 9.90 Å². The lowest BCUT2D eigenvalue weighted by Crippen LogP contribution is -2.20. The van der Waals surface area contributed by atoms with Gasteiger partial charge in [-0.25, -0.2) is 9.78 Å². The van der Waals surface area contributed by atoms with Gasteiger partial charge in [0.1, 0.15) is 5.82 Å². The second-order valence-electron chi connectivity index (χ2n) is 5.90. The van der Waals surface area contributed by atoms with Crippen LogP contribution in [0.1, 0.15) is 28.2 Å². The topological polar surface area (TPSA) is 72.2 Å². The highest BCUT2D eigenvalue weighted by molar-refractivity contribution is 6.30. The molecule has 124 valence electrons. The number of halogens is 1. The van der Waals surface area contributed by atoms with Crippen LogP contribution in [-0.2, 0) is 6.54 Å². The number of hydrogen-bond acceptors (Lipinski definition) is 3. The SMILES string of the molecule is O=C(O)c1ccc2c(=O)n3c(nc2c1)/C(=C\c1ccc(Cl)cc1)CC3. The van der Waals surface area contributed by atoms with E-state index < -0.39 is 5.97 Å². The highest BCUT2D eigenvalue weighted by atomic mass is 35.5. The third-order valence-corrected chi connectivity index (χ3v) is 4.56. The van der Waals surface area contributed by atoms with Crippen molar-refractivity contribution in [2.45, 2.75) is 13.0 Å². The fourth-order valence-corrected chi connectivity index (χ4v) is 3.17. The van der Waals surface area contributed by atoms with Gasteiger partial charge in [0.15, 0.2) is 0 Å². The largest absolute Gasteiger partial charge is 0.478 e. The molecule has 2 heterocycles. The Balaban J connectivity index is 1.88. The van der Waals surface area contributed by atoms with Crippen LogP contribution in [0.4, 0.5) is 0 Å². The lowest BCUT2D eigenvalue weighted by atomic mass is 10.1. The van der Waals surface area contributed by atoms with Gasteiger partial charge in [-0.3, -0.25) is 9.36 Å². The highest BCUT2D eigenvalue weighted by Crippen LogP contribution is 2.28. The third-order valence-electron chi connectivity index (χ3n) is 4.31. The number of aromatic carboxylic acids is 1. The quantitative estimate of drug-likeness (QED) is 0.763. The molecule has 0 unspecified atom stereocenters. The van der Waals surface area contributed by atoms with Crippen molar-refractivity contribution in [3.8, 4) is 0 Å². The highest BCUT2D eigenvalue weighted by Gasteiger charge is 2.21. The second kappa shape index (κ2) is 5.86. The van der Waals surface area contributed by atoms with E-state index in [1.54, 1.807) is 4.57 Å². The number of rotatable bonds is 2. The van der Waals surface area contributed by atoms with Crippen LogP contribution >= 0.6 is 11.6 Å². The molecule has 0 saturated carbocycles. The van der Waals surface area contributed by atoms with Crippen LogP contribution in [0.25, 0.3) is 22.6 Å². The Morgan fingerprint density at radius 3 is 2.68 bits per heavy atom. The molecule has 1 N–H and O–H groups in total. The predicted octanol–water partition coefficient (Wildman–Crippen LogP) is 3.69. The van der Waals surface area contributed by atoms with Gasteiger partial charge in [0.25, 0.3) is 5.56 Å². The maximum absolute atomic E-state index is 12.7. The molecule has 0 fully saturated rings. The number of nitrogens with zero attached hydrogens (tertiary/aromatic N) is 2. The van der Waals surface area contributed by atoms with Gasteiger partial charge < -0.3 is 5.11 Å². The molecule has 0 radical (unpaired) electrons. The molecule has 0 spiro atoms. The lowest BCUT2D eigenvalue weighted by Gasteiger charge is -2.06. The minimum atomic E-state index is -1.04. The van der Waals surface area contributed by atoms with E-state index in [0.717, 1.165) is 11.1 Å². The van der Waals surface area contributed by atoms with Crippen molar-refractivity contribution in [2.24, 2.45) is 0 Å². The molecule has 0 aliphatic carbocycles. The number of carbonyl (C=O) groups is 1. The van der Waals surface area contributed by atoms with Gasteiger partial charge in [-0.2, -0.15) is 0 Å². The molecule has 2 aromatic carbocycles. The summed E-state index contributed by atoms with van der Waals surface area (Å²) < 4.78 is 1.64. The number of aromatic nitrogens is 2. The molecule has 4 rings (SSSR count). The molecule has 25 heavy (non-hydrogen) atoms. The molecule has 0 amide bonds. The average molecular weight is 353 g/mol. The van der Waals surface area contributed by atoms with E-state index in [1.807, 2.05) is 30.3 Å². The summed E-state index contributed by atoms with van der Waals surface area (Å²) in [6.45, 7) is 0.567. The van der Waals surface area contributed by atoms with E-state index in [2.05, 4.69) is 4.98 Å².